The van der Waals surface area contributed by atoms with E-state index < -0.39 is 0 Å². The van der Waals surface area contributed by atoms with Crippen molar-refractivity contribution in [2.24, 2.45) is 5.92 Å². The Labute approximate surface area is 135 Å². The number of likely N-dealkylation sites (tertiary alicyclic amines) is 1. The Kier molecular flexibility index (Phi) is 4.46. The highest BCUT2D eigenvalue weighted by Crippen LogP contribution is 2.21. The lowest BCUT2D eigenvalue weighted by molar-refractivity contribution is 0.0682. The molecule has 1 saturated heterocycles. The van der Waals surface area contributed by atoms with Crippen molar-refractivity contribution >= 4 is 5.91 Å². The lowest BCUT2D eigenvalue weighted by Gasteiger charge is -2.30. The quantitative estimate of drug-likeness (QED) is 0.870. The zero-order valence-corrected chi connectivity index (χ0v) is 13.6. The second kappa shape index (κ2) is 6.52. The van der Waals surface area contributed by atoms with Gasteiger partial charge in [0.2, 0.25) is 0 Å². The molecule has 0 saturated carbocycles. The lowest BCUT2D eigenvalue weighted by Crippen LogP contribution is -2.39. The Hall–Kier alpha value is -2.17. The first kappa shape index (κ1) is 15.7. The zero-order valence-electron chi connectivity index (χ0n) is 13.6. The first-order valence-electron chi connectivity index (χ1n) is 8.22. The van der Waals surface area contributed by atoms with Gasteiger partial charge in [-0.25, -0.2) is 9.07 Å². The third-order valence-electron chi connectivity index (χ3n) is 4.45. The molecule has 3 rings (SSSR count). The van der Waals surface area contributed by atoms with Crippen LogP contribution in [0.25, 0.3) is 5.69 Å². The molecule has 4 nitrogen and oxygen atoms in total. The van der Waals surface area contributed by atoms with Gasteiger partial charge < -0.3 is 4.90 Å². The maximum Gasteiger partial charge on any atom is 0.257 e. The van der Waals surface area contributed by atoms with Crippen LogP contribution in [0.3, 0.4) is 0 Å². The largest absolute Gasteiger partial charge is 0.338 e. The summed E-state index contributed by atoms with van der Waals surface area (Å²) in [6, 6.07) is 6.17. The van der Waals surface area contributed by atoms with Gasteiger partial charge in [0, 0.05) is 13.1 Å². The van der Waals surface area contributed by atoms with Gasteiger partial charge in [-0.1, -0.05) is 13.8 Å². The summed E-state index contributed by atoms with van der Waals surface area (Å²) in [7, 11) is 0. The molecule has 1 aliphatic rings. The van der Waals surface area contributed by atoms with Gasteiger partial charge in [-0.15, -0.1) is 0 Å². The topological polar surface area (TPSA) is 38.1 Å². The summed E-state index contributed by atoms with van der Waals surface area (Å²) in [5.41, 5.74) is 2.31. The summed E-state index contributed by atoms with van der Waals surface area (Å²) in [6.07, 6.45) is 4.57. The van der Waals surface area contributed by atoms with Crippen molar-refractivity contribution in [3.8, 4) is 5.69 Å². The number of hydrogen-bond donors (Lipinski definition) is 0. The number of piperidine rings is 1. The third kappa shape index (κ3) is 3.14. The van der Waals surface area contributed by atoms with Gasteiger partial charge in [0.25, 0.3) is 5.91 Å². The number of hydrogen-bond acceptors (Lipinski definition) is 2. The van der Waals surface area contributed by atoms with Crippen molar-refractivity contribution in [3.63, 3.8) is 0 Å². The van der Waals surface area contributed by atoms with Crippen LogP contribution in [0.1, 0.15) is 42.7 Å². The Morgan fingerprint density at radius 1 is 1.35 bits per heavy atom. The van der Waals surface area contributed by atoms with Crippen molar-refractivity contribution < 1.29 is 9.18 Å². The minimum absolute atomic E-state index is 0.0572. The van der Waals surface area contributed by atoms with Gasteiger partial charge in [-0.3, -0.25) is 4.79 Å². The number of halogens is 1. The Balaban J connectivity index is 1.91. The second-order valence-electron chi connectivity index (χ2n) is 6.25. The molecule has 1 fully saturated rings. The molecule has 1 aromatic heterocycles. The SMILES string of the molecule is CCc1c(C(=O)N2CCC[C@@H](C)C2)cnn1-c1ccc(F)cc1. The van der Waals surface area contributed by atoms with E-state index in [1.54, 1.807) is 23.0 Å². The molecule has 5 heteroatoms. The van der Waals surface area contributed by atoms with E-state index >= 15 is 0 Å². The maximum absolute atomic E-state index is 13.1. The summed E-state index contributed by atoms with van der Waals surface area (Å²) >= 11 is 0. The van der Waals surface area contributed by atoms with Crippen molar-refractivity contribution in [2.45, 2.75) is 33.1 Å². The van der Waals surface area contributed by atoms with Crippen LogP contribution in [-0.2, 0) is 6.42 Å². The Morgan fingerprint density at radius 3 is 2.74 bits per heavy atom. The molecule has 1 aromatic carbocycles. The Morgan fingerprint density at radius 2 is 2.09 bits per heavy atom. The van der Waals surface area contributed by atoms with E-state index in [9.17, 15) is 9.18 Å². The van der Waals surface area contributed by atoms with E-state index in [1.165, 1.54) is 18.6 Å². The van der Waals surface area contributed by atoms with Gasteiger partial charge in [-0.05, 0) is 49.4 Å². The van der Waals surface area contributed by atoms with Crippen LogP contribution < -0.4 is 0 Å². The molecule has 1 amide bonds. The highest BCUT2D eigenvalue weighted by molar-refractivity contribution is 5.95. The van der Waals surface area contributed by atoms with E-state index in [-0.39, 0.29) is 11.7 Å². The molecule has 1 aliphatic heterocycles. The first-order valence-corrected chi connectivity index (χ1v) is 8.22. The molecule has 23 heavy (non-hydrogen) atoms. The van der Waals surface area contributed by atoms with Crippen LogP contribution in [0.4, 0.5) is 4.39 Å². The fourth-order valence-electron chi connectivity index (χ4n) is 3.24. The van der Waals surface area contributed by atoms with E-state index in [2.05, 4.69) is 12.0 Å². The van der Waals surface area contributed by atoms with Gasteiger partial charge in [-0.2, -0.15) is 5.10 Å². The van der Waals surface area contributed by atoms with Gasteiger partial charge in [0.1, 0.15) is 5.82 Å². The molecule has 0 N–H and O–H groups in total. The predicted molar refractivity (Wildman–Crippen MR) is 87.2 cm³/mol. The van der Waals surface area contributed by atoms with Crippen molar-refractivity contribution in [1.29, 1.82) is 0 Å². The predicted octanol–water partition coefficient (Wildman–Crippen LogP) is 3.45. The number of carbonyl (C=O) groups excluding carboxylic acids is 1. The number of rotatable bonds is 3. The molecule has 0 unspecified atom stereocenters. The molecule has 0 aliphatic carbocycles. The molecule has 122 valence electrons. The van der Waals surface area contributed by atoms with Crippen molar-refractivity contribution in [3.05, 3.63) is 47.5 Å². The van der Waals surface area contributed by atoms with Crippen LogP contribution in [0.5, 0.6) is 0 Å². The summed E-state index contributed by atoms with van der Waals surface area (Å²) in [4.78, 5) is 14.8. The third-order valence-corrected chi connectivity index (χ3v) is 4.45. The first-order chi connectivity index (χ1) is 11.1. The summed E-state index contributed by atoms with van der Waals surface area (Å²) in [5.74, 6) is 0.323. The van der Waals surface area contributed by atoms with Gasteiger partial charge in [0.15, 0.2) is 0 Å². The highest BCUT2D eigenvalue weighted by Gasteiger charge is 2.25. The van der Waals surface area contributed by atoms with E-state index in [0.717, 1.165) is 30.9 Å². The van der Waals surface area contributed by atoms with Crippen molar-refractivity contribution in [1.82, 2.24) is 14.7 Å². The summed E-state index contributed by atoms with van der Waals surface area (Å²) in [5, 5.41) is 4.37. The minimum Gasteiger partial charge on any atom is -0.338 e. The minimum atomic E-state index is -0.280. The van der Waals surface area contributed by atoms with E-state index in [4.69, 9.17) is 0 Å². The van der Waals surface area contributed by atoms with Crippen LogP contribution in [0, 0.1) is 11.7 Å². The molecule has 1 atom stereocenters. The number of benzene rings is 1. The van der Waals surface area contributed by atoms with E-state index in [0.29, 0.717) is 17.9 Å². The molecule has 0 bridgehead atoms. The fraction of sp³-hybridized carbons (Fsp3) is 0.444. The molecular weight excluding hydrogens is 293 g/mol. The van der Waals surface area contributed by atoms with Gasteiger partial charge in [0.05, 0.1) is 23.1 Å². The lowest BCUT2D eigenvalue weighted by atomic mass is 9.99. The smallest absolute Gasteiger partial charge is 0.257 e. The average molecular weight is 315 g/mol. The van der Waals surface area contributed by atoms with Crippen LogP contribution in [-0.4, -0.2) is 33.7 Å². The highest BCUT2D eigenvalue weighted by atomic mass is 19.1. The maximum atomic E-state index is 13.1. The molecule has 0 spiro atoms. The van der Waals surface area contributed by atoms with Gasteiger partial charge >= 0.3 is 0 Å². The zero-order chi connectivity index (χ0) is 16.4. The summed E-state index contributed by atoms with van der Waals surface area (Å²) < 4.78 is 14.8. The average Bonchev–Trinajstić information content (AvgIpc) is 2.98. The molecule has 2 heterocycles. The Bertz CT molecular complexity index is 693. The fourth-order valence-corrected chi connectivity index (χ4v) is 3.24. The number of aromatic nitrogens is 2. The number of carbonyl (C=O) groups is 1. The van der Waals surface area contributed by atoms with Crippen LogP contribution in [0.15, 0.2) is 30.5 Å². The second-order valence-corrected chi connectivity index (χ2v) is 6.25. The molecular formula is C18H22FN3O. The normalized spacial score (nSPS) is 18.2. The molecule has 2 aromatic rings. The monoisotopic (exact) mass is 315 g/mol. The van der Waals surface area contributed by atoms with Crippen LogP contribution in [0.2, 0.25) is 0 Å². The number of nitrogens with zero attached hydrogens (tertiary/aromatic N) is 3. The molecule has 0 radical (unpaired) electrons. The van der Waals surface area contributed by atoms with Crippen LogP contribution >= 0.6 is 0 Å². The number of amides is 1. The summed E-state index contributed by atoms with van der Waals surface area (Å²) in [6.45, 7) is 5.81. The van der Waals surface area contributed by atoms with E-state index in [1.807, 2.05) is 11.8 Å². The van der Waals surface area contributed by atoms with Crippen molar-refractivity contribution in [2.75, 3.05) is 13.1 Å². The standard InChI is InChI=1S/C18H22FN3O/c1-3-17-16(18(23)21-10-4-5-13(2)12-21)11-20-22(17)15-8-6-14(19)7-9-15/h6-9,11,13H,3-5,10,12H2,1-2H3/t13-/m1/s1.